The van der Waals surface area contributed by atoms with Gasteiger partial charge in [0.15, 0.2) is 0 Å². The highest BCUT2D eigenvalue weighted by Gasteiger charge is 2.36. The quantitative estimate of drug-likeness (QED) is 0.457. The number of alkyl carbamates (subject to hydrolysis) is 1. The highest BCUT2D eigenvalue weighted by molar-refractivity contribution is 7.98. The van der Waals surface area contributed by atoms with E-state index < -0.39 is 35.6 Å². The van der Waals surface area contributed by atoms with Gasteiger partial charge in [-0.3, -0.25) is 9.59 Å². The molecule has 9 heteroatoms. The first-order valence-corrected chi connectivity index (χ1v) is 12.5. The van der Waals surface area contributed by atoms with E-state index in [-0.39, 0.29) is 12.6 Å². The van der Waals surface area contributed by atoms with Crippen molar-refractivity contribution in [3.63, 3.8) is 0 Å². The average molecular weight is 489 g/mol. The predicted octanol–water partition coefficient (Wildman–Crippen LogP) is 3.89. The van der Waals surface area contributed by atoms with Gasteiger partial charge in [-0.1, -0.05) is 30.9 Å². The number of nitriles is 1. The largest absolute Gasteiger partial charge is 0.444 e. The van der Waals surface area contributed by atoms with Crippen LogP contribution in [0.1, 0.15) is 58.2 Å². The Morgan fingerprint density at radius 3 is 2.47 bits per heavy atom. The molecule has 2 unspecified atom stereocenters. The van der Waals surface area contributed by atoms with Crippen LogP contribution in [0.25, 0.3) is 6.08 Å². The Kier molecular flexibility index (Phi) is 11.7. The molecule has 0 aliphatic heterocycles. The number of rotatable bonds is 11. The molecular weight excluding hydrogens is 452 g/mol. The summed E-state index contributed by atoms with van der Waals surface area (Å²) in [5.74, 6) is -0.364. The summed E-state index contributed by atoms with van der Waals surface area (Å²) >= 11 is 1.52. The summed E-state index contributed by atoms with van der Waals surface area (Å²) in [4.78, 5) is 40.6. The van der Waals surface area contributed by atoms with Crippen molar-refractivity contribution in [1.29, 1.82) is 5.26 Å². The first-order chi connectivity index (χ1) is 15.9. The van der Waals surface area contributed by atoms with Crippen molar-refractivity contribution in [2.45, 2.75) is 64.8 Å². The molecule has 34 heavy (non-hydrogen) atoms. The van der Waals surface area contributed by atoms with E-state index in [0.717, 1.165) is 5.56 Å². The predicted molar refractivity (Wildman–Crippen MR) is 136 cm³/mol. The molecule has 0 aliphatic rings. The summed E-state index contributed by atoms with van der Waals surface area (Å²) in [6.07, 6.45) is 3.11. The number of carbonyl (C=O) groups is 3. The van der Waals surface area contributed by atoms with Crippen LogP contribution in [0.15, 0.2) is 30.8 Å². The molecule has 0 saturated carbocycles. The summed E-state index contributed by atoms with van der Waals surface area (Å²) in [5.41, 5.74) is 0.573. The minimum Gasteiger partial charge on any atom is -0.444 e. The van der Waals surface area contributed by atoms with Gasteiger partial charge in [-0.25, -0.2) is 4.79 Å². The van der Waals surface area contributed by atoms with Crippen molar-refractivity contribution in [2.24, 2.45) is 0 Å². The van der Waals surface area contributed by atoms with Gasteiger partial charge in [-0.15, -0.1) is 0 Å². The summed E-state index contributed by atoms with van der Waals surface area (Å²) in [5, 5.41) is 15.0. The number of benzene rings is 1. The molecule has 1 aromatic rings. The fraction of sp³-hybridized carbons (Fsp3) is 0.520. The van der Waals surface area contributed by atoms with Crippen LogP contribution in [-0.2, 0) is 14.3 Å². The highest BCUT2D eigenvalue weighted by atomic mass is 32.2. The first-order valence-electron chi connectivity index (χ1n) is 11.1. The molecule has 1 aromatic carbocycles. The third-order valence-corrected chi connectivity index (χ3v) is 5.22. The molecule has 0 spiro atoms. The number of ether oxygens (including phenoxy) is 1. The lowest BCUT2D eigenvalue weighted by molar-refractivity contribution is -0.142. The van der Waals surface area contributed by atoms with Gasteiger partial charge in [0.25, 0.3) is 0 Å². The van der Waals surface area contributed by atoms with Crippen LogP contribution in [0, 0.1) is 11.3 Å². The van der Waals surface area contributed by atoms with Crippen molar-refractivity contribution in [3.8, 4) is 6.07 Å². The maximum atomic E-state index is 13.7. The fourth-order valence-electron chi connectivity index (χ4n) is 3.21. The minimum absolute atomic E-state index is 0.177. The summed E-state index contributed by atoms with van der Waals surface area (Å²) in [7, 11) is 0. The molecular formula is C25H36N4O4S. The SMILES string of the molecule is C=Cc1cccc(C(C(=O)NC(C)C)N(CC#N)C(=O)C(CCSC)NC(=O)OC(C)(C)C)c1. The van der Waals surface area contributed by atoms with Crippen molar-refractivity contribution < 1.29 is 19.1 Å². The summed E-state index contributed by atoms with van der Waals surface area (Å²) in [6, 6.07) is 6.87. The molecule has 0 heterocycles. The number of hydrogen-bond acceptors (Lipinski definition) is 6. The van der Waals surface area contributed by atoms with Crippen molar-refractivity contribution >= 4 is 35.7 Å². The molecule has 0 radical (unpaired) electrons. The van der Waals surface area contributed by atoms with Crippen LogP contribution in [0.4, 0.5) is 4.79 Å². The topological polar surface area (TPSA) is 112 Å². The van der Waals surface area contributed by atoms with Gasteiger partial charge in [0.2, 0.25) is 11.8 Å². The van der Waals surface area contributed by atoms with E-state index in [9.17, 15) is 19.6 Å². The van der Waals surface area contributed by atoms with Gasteiger partial charge >= 0.3 is 6.09 Å². The van der Waals surface area contributed by atoms with Crippen LogP contribution in [0.5, 0.6) is 0 Å². The molecule has 0 bridgehead atoms. The van der Waals surface area contributed by atoms with Crippen LogP contribution in [-0.4, -0.2) is 59.0 Å². The molecule has 0 aliphatic carbocycles. The standard InChI is InChI=1S/C25H36N4O4S/c1-8-18-10-9-11-19(16-18)21(22(30)27-17(2)3)29(14-13-26)23(31)20(12-15-34-7)28-24(32)33-25(4,5)6/h8-11,16-17,20-21H,1,12,14-15H2,2-7H3,(H,27,30)(H,28,32). The van der Waals surface area contributed by atoms with Gasteiger partial charge < -0.3 is 20.3 Å². The smallest absolute Gasteiger partial charge is 0.408 e. The Bertz CT molecular complexity index is 905. The van der Waals surface area contributed by atoms with E-state index in [1.165, 1.54) is 16.7 Å². The molecule has 8 nitrogen and oxygen atoms in total. The van der Waals surface area contributed by atoms with Gasteiger partial charge in [0.05, 0.1) is 6.07 Å². The monoisotopic (exact) mass is 488 g/mol. The fourth-order valence-corrected chi connectivity index (χ4v) is 3.68. The Labute approximate surface area is 207 Å². The molecule has 1 rings (SSSR count). The van der Waals surface area contributed by atoms with Crippen molar-refractivity contribution in [2.75, 3.05) is 18.6 Å². The number of nitrogens with one attached hydrogen (secondary N) is 2. The number of carbonyl (C=O) groups excluding carboxylic acids is 3. The van der Waals surface area contributed by atoms with Crippen molar-refractivity contribution in [3.05, 3.63) is 42.0 Å². The third-order valence-electron chi connectivity index (χ3n) is 4.58. The third kappa shape index (κ3) is 9.48. The lowest BCUT2D eigenvalue weighted by Gasteiger charge is -2.33. The average Bonchev–Trinajstić information content (AvgIpc) is 2.74. The lowest BCUT2D eigenvalue weighted by Crippen LogP contribution is -2.53. The van der Waals surface area contributed by atoms with Gasteiger partial charge in [-0.2, -0.15) is 17.0 Å². The minimum atomic E-state index is -1.06. The molecule has 186 valence electrons. The first kappa shape index (κ1) is 29.0. The van der Waals surface area contributed by atoms with E-state index in [1.54, 1.807) is 45.0 Å². The molecule has 2 atom stereocenters. The van der Waals surface area contributed by atoms with Crippen LogP contribution in [0.2, 0.25) is 0 Å². The van der Waals surface area contributed by atoms with Crippen LogP contribution < -0.4 is 10.6 Å². The van der Waals surface area contributed by atoms with Crippen molar-refractivity contribution in [1.82, 2.24) is 15.5 Å². The van der Waals surface area contributed by atoms with Gasteiger partial charge in [0.1, 0.15) is 24.2 Å². The van der Waals surface area contributed by atoms with E-state index in [2.05, 4.69) is 17.2 Å². The zero-order valence-electron chi connectivity index (χ0n) is 20.9. The van der Waals surface area contributed by atoms with Gasteiger partial charge in [-0.05, 0) is 70.2 Å². The second-order valence-electron chi connectivity index (χ2n) is 9.04. The second-order valence-corrected chi connectivity index (χ2v) is 10.0. The molecule has 0 aromatic heterocycles. The normalized spacial score (nSPS) is 12.8. The number of nitrogens with zero attached hydrogens (tertiary/aromatic N) is 2. The number of hydrogen-bond donors (Lipinski definition) is 2. The molecule has 3 amide bonds. The van der Waals surface area contributed by atoms with E-state index >= 15 is 0 Å². The zero-order chi connectivity index (χ0) is 25.9. The molecule has 0 fully saturated rings. The molecule has 2 N–H and O–H groups in total. The number of thioether (sulfide) groups is 1. The van der Waals surface area contributed by atoms with E-state index in [4.69, 9.17) is 4.74 Å². The van der Waals surface area contributed by atoms with Gasteiger partial charge in [0, 0.05) is 6.04 Å². The maximum absolute atomic E-state index is 13.7. The summed E-state index contributed by atoms with van der Waals surface area (Å²) < 4.78 is 5.33. The van der Waals surface area contributed by atoms with Crippen LogP contribution >= 0.6 is 11.8 Å². The Morgan fingerprint density at radius 1 is 1.26 bits per heavy atom. The second kappa shape index (κ2) is 13.7. The van der Waals surface area contributed by atoms with E-state index in [1.807, 2.05) is 32.2 Å². The lowest BCUT2D eigenvalue weighted by atomic mass is 10.00. The zero-order valence-corrected chi connectivity index (χ0v) is 21.7. The Hall–Kier alpha value is -2.99. The Morgan fingerprint density at radius 2 is 1.94 bits per heavy atom. The Balaban J connectivity index is 3.44. The highest BCUT2D eigenvalue weighted by Crippen LogP contribution is 2.25. The maximum Gasteiger partial charge on any atom is 0.408 e. The molecule has 0 saturated heterocycles. The van der Waals surface area contributed by atoms with Crippen LogP contribution in [0.3, 0.4) is 0 Å². The summed E-state index contributed by atoms with van der Waals surface area (Å²) in [6.45, 7) is 12.3. The van der Waals surface area contributed by atoms with E-state index in [0.29, 0.717) is 17.7 Å². The number of amides is 3.